The van der Waals surface area contributed by atoms with E-state index in [-0.39, 0.29) is 24.1 Å². The van der Waals surface area contributed by atoms with Gasteiger partial charge in [0.15, 0.2) is 0 Å². The van der Waals surface area contributed by atoms with E-state index in [2.05, 4.69) is 10.3 Å². The monoisotopic (exact) mass is 486 g/mol. The van der Waals surface area contributed by atoms with Gasteiger partial charge < -0.3 is 10.3 Å². The van der Waals surface area contributed by atoms with Gasteiger partial charge in [-0.2, -0.15) is 0 Å². The molecule has 3 aromatic rings. The fourth-order valence-electron chi connectivity index (χ4n) is 4.99. The molecule has 9 heteroatoms. The van der Waals surface area contributed by atoms with Gasteiger partial charge in [-0.1, -0.05) is 19.1 Å². The van der Waals surface area contributed by atoms with E-state index in [1.807, 2.05) is 31.2 Å². The molecule has 1 fully saturated rings. The minimum absolute atomic E-state index is 0.0950. The maximum Gasteiger partial charge on any atom is 0.229 e. The van der Waals surface area contributed by atoms with Crippen molar-refractivity contribution in [3.8, 4) is 11.4 Å². The average Bonchev–Trinajstić information content (AvgIpc) is 3.39. The van der Waals surface area contributed by atoms with E-state index in [9.17, 15) is 13.2 Å². The molecule has 1 amide bonds. The maximum atomic E-state index is 13.3. The van der Waals surface area contributed by atoms with Crippen LogP contribution in [0.2, 0.25) is 0 Å². The number of fused-ring (bicyclic) bond motifs is 2. The summed E-state index contributed by atoms with van der Waals surface area (Å²) in [5.74, 6) is 0.493. The van der Waals surface area contributed by atoms with E-state index in [4.69, 9.17) is 4.98 Å². The number of nitrogens with zero attached hydrogens (tertiary/aromatic N) is 2. The fraction of sp³-hybridized carbons (Fsp3) is 0.500. The van der Waals surface area contributed by atoms with Gasteiger partial charge in [0, 0.05) is 18.0 Å². The van der Waals surface area contributed by atoms with Crippen LogP contribution in [-0.2, 0) is 27.7 Å². The van der Waals surface area contributed by atoms with E-state index in [1.165, 1.54) is 14.7 Å². The summed E-state index contributed by atoms with van der Waals surface area (Å²) < 4.78 is 26.6. The first kappa shape index (κ1) is 22.6. The smallest absolute Gasteiger partial charge is 0.229 e. The average molecular weight is 487 g/mol. The van der Waals surface area contributed by atoms with E-state index < -0.39 is 10.0 Å². The number of rotatable bonds is 6. The fourth-order valence-corrected chi connectivity index (χ4v) is 7.87. The lowest BCUT2D eigenvalue weighted by molar-refractivity contribution is -0.120. The zero-order chi connectivity index (χ0) is 23.0. The SMILES string of the molecule is CCCS(=O)(=O)N1CCCC(C(=O)Nc2sc3c(c2-c2nc4ccccc4[nH]2)CCCC3)C1. The summed E-state index contributed by atoms with van der Waals surface area (Å²) in [6.45, 7) is 2.63. The Morgan fingerprint density at radius 2 is 2.06 bits per heavy atom. The Morgan fingerprint density at radius 3 is 2.88 bits per heavy atom. The van der Waals surface area contributed by atoms with Crippen LogP contribution in [0.4, 0.5) is 5.00 Å². The number of aromatic amines is 1. The second kappa shape index (κ2) is 9.19. The van der Waals surface area contributed by atoms with Crippen LogP contribution in [0, 0.1) is 5.92 Å². The number of anilines is 1. The largest absolute Gasteiger partial charge is 0.338 e. The van der Waals surface area contributed by atoms with E-state index in [0.717, 1.165) is 53.1 Å². The number of carbonyl (C=O) groups excluding carboxylic acids is 1. The first-order chi connectivity index (χ1) is 16.0. The summed E-state index contributed by atoms with van der Waals surface area (Å²) in [7, 11) is -3.30. The quantitative estimate of drug-likeness (QED) is 0.534. The molecule has 2 aliphatic rings. The molecule has 1 unspecified atom stereocenters. The number of nitrogens with one attached hydrogen (secondary N) is 2. The molecule has 5 rings (SSSR count). The third kappa shape index (κ3) is 4.46. The summed E-state index contributed by atoms with van der Waals surface area (Å²) in [6, 6.07) is 7.95. The van der Waals surface area contributed by atoms with E-state index >= 15 is 0 Å². The first-order valence-corrected chi connectivity index (χ1v) is 14.3. The molecule has 0 saturated carbocycles. The maximum absolute atomic E-state index is 13.3. The van der Waals surface area contributed by atoms with Crippen molar-refractivity contribution < 1.29 is 13.2 Å². The van der Waals surface area contributed by atoms with Crippen molar-refractivity contribution in [1.29, 1.82) is 0 Å². The lowest BCUT2D eigenvalue weighted by Gasteiger charge is -2.31. The molecule has 2 N–H and O–H groups in total. The molecule has 2 aromatic heterocycles. The van der Waals surface area contributed by atoms with Crippen LogP contribution >= 0.6 is 11.3 Å². The van der Waals surface area contributed by atoms with Crippen LogP contribution in [0.3, 0.4) is 0 Å². The second-order valence-corrected chi connectivity index (χ2v) is 12.2. The number of carbonyl (C=O) groups is 1. The summed E-state index contributed by atoms with van der Waals surface area (Å²) >= 11 is 1.65. The van der Waals surface area contributed by atoms with Crippen molar-refractivity contribution in [1.82, 2.24) is 14.3 Å². The summed E-state index contributed by atoms with van der Waals surface area (Å²) in [5, 5.41) is 4.02. The summed E-state index contributed by atoms with van der Waals surface area (Å²) in [5.41, 5.74) is 4.18. The Morgan fingerprint density at radius 1 is 1.24 bits per heavy atom. The molecule has 1 aliphatic heterocycles. The number of sulfonamides is 1. The van der Waals surface area contributed by atoms with Crippen molar-refractivity contribution in [3.05, 3.63) is 34.7 Å². The first-order valence-electron chi connectivity index (χ1n) is 11.8. The number of aryl methyl sites for hydroxylation is 1. The highest BCUT2D eigenvalue weighted by molar-refractivity contribution is 7.89. The van der Waals surface area contributed by atoms with Crippen LogP contribution in [-0.4, -0.2) is 47.4 Å². The van der Waals surface area contributed by atoms with Crippen LogP contribution < -0.4 is 5.32 Å². The highest BCUT2D eigenvalue weighted by atomic mass is 32.2. The summed E-state index contributed by atoms with van der Waals surface area (Å²) in [6.07, 6.45) is 6.30. The van der Waals surface area contributed by atoms with Gasteiger partial charge in [-0.05, 0) is 62.6 Å². The minimum Gasteiger partial charge on any atom is -0.338 e. The number of benzene rings is 1. The van der Waals surface area contributed by atoms with Crippen molar-refractivity contribution in [2.45, 2.75) is 51.9 Å². The van der Waals surface area contributed by atoms with E-state index in [1.54, 1.807) is 11.3 Å². The molecule has 3 heterocycles. The molecule has 0 spiro atoms. The molecule has 33 heavy (non-hydrogen) atoms. The molecule has 0 radical (unpaired) electrons. The Labute approximate surface area is 198 Å². The van der Waals surface area contributed by atoms with Crippen LogP contribution in [0.1, 0.15) is 49.5 Å². The number of imidazole rings is 1. The van der Waals surface area contributed by atoms with E-state index in [0.29, 0.717) is 25.8 Å². The molecule has 176 valence electrons. The van der Waals surface area contributed by atoms with Crippen molar-refractivity contribution in [2.75, 3.05) is 24.2 Å². The van der Waals surface area contributed by atoms with Gasteiger partial charge >= 0.3 is 0 Å². The number of para-hydroxylation sites is 2. The predicted molar refractivity (Wildman–Crippen MR) is 133 cm³/mol. The van der Waals surface area contributed by atoms with Crippen molar-refractivity contribution in [2.24, 2.45) is 5.92 Å². The molecule has 7 nitrogen and oxygen atoms in total. The van der Waals surface area contributed by atoms with Gasteiger partial charge in [-0.15, -0.1) is 11.3 Å². The highest BCUT2D eigenvalue weighted by Gasteiger charge is 2.33. The minimum atomic E-state index is -3.30. The highest BCUT2D eigenvalue weighted by Crippen LogP contribution is 2.44. The molecular weight excluding hydrogens is 456 g/mol. The molecule has 0 bridgehead atoms. The van der Waals surface area contributed by atoms with Crippen LogP contribution in [0.5, 0.6) is 0 Å². The van der Waals surface area contributed by atoms with Crippen LogP contribution in [0.25, 0.3) is 22.4 Å². The summed E-state index contributed by atoms with van der Waals surface area (Å²) in [4.78, 5) is 22.9. The molecule has 1 aliphatic carbocycles. The molecule has 1 atom stereocenters. The Hall–Kier alpha value is -2.23. The lowest BCUT2D eigenvalue weighted by Crippen LogP contribution is -2.44. The van der Waals surface area contributed by atoms with Crippen LogP contribution in [0.15, 0.2) is 24.3 Å². The third-order valence-electron chi connectivity index (χ3n) is 6.64. The Bertz CT molecular complexity index is 1250. The zero-order valence-electron chi connectivity index (χ0n) is 18.9. The van der Waals surface area contributed by atoms with Gasteiger partial charge in [-0.3, -0.25) is 4.79 Å². The zero-order valence-corrected chi connectivity index (χ0v) is 20.5. The van der Waals surface area contributed by atoms with Crippen molar-refractivity contribution >= 4 is 43.3 Å². The normalized spacial score (nSPS) is 19.5. The third-order valence-corrected chi connectivity index (χ3v) is 9.89. The second-order valence-electron chi connectivity index (χ2n) is 9.02. The lowest BCUT2D eigenvalue weighted by atomic mass is 9.95. The number of H-pyrrole nitrogens is 1. The number of amides is 1. The van der Waals surface area contributed by atoms with Gasteiger partial charge in [-0.25, -0.2) is 17.7 Å². The van der Waals surface area contributed by atoms with Gasteiger partial charge in [0.1, 0.15) is 10.8 Å². The topological polar surface area (TPSA) is 95.2 Å². The Kier molecular flexibility index (Phi) is 6.28. The molecule has 1 saturated heterocycles. The molecular formula is C24H30N4O3S2. The molecule has 1 aromatic carbocycles. The van der Waals surface area contributed by atoms with Gasteiger partial charge in [0.2, 0.25) is 15.9 Å². The standard InChI is InChI=1S/C24H30N4O3S2/c1-2-14-33(30,31)28-13-7-8-16(15-28)23(29)27-24-21(17-9-3-6-12-20(17)32-24)22-25-18-10-4-5-11-19(18)26-22/h4-5,10-11,16H,2-3,6-9,12-15H2,1H3,(H,25,26)(H,27,29). The van der Waals surface area contributed by atoms with Gasteiger partial charge in [0.05, 0.1) is 28.3 Å². The number of piperidine rings is 1. The van der Waals surface area contributed by atoms with Gasteiger partial charge in [0.25, 0.3) is 0 Å². The number of aromatic nitrogens is 2. The number of thiophene rings is 1. The number of hydrogen-bond acceptors (Lipinski definition) is 5. The predicted octanol–water partition coefficient (Wildman–Crippen LogP) is 4.56. The van der Waals surface area contributed by atoms with Crippen molar-refractivity contribution in [3.63, 3.8) is 0 Å². The number of hydrogen-bond donors (Lipinski definition) is 2. The Balaban J connectivity index is 1.44.